The van der Waals surface area contributed by atoms with Crippen molar-refractivity contribution < 1.29 is 8.42 Å². The van der Waals surface area contributed by atoms with Gasteiger partial charge < -0.3 is 0 Å². The highest BCUT2D eigenvalue weighted by Crippen LogP contribution is 2.05. The number of primary sulfonamides is 1. The third-order valence-corrected chi connectivity index (χ3v) is 2.03. The van der Waals surface area contributed by atoms with Crippen molar-refractivity contribution in [3.05, 3.63) is 18.3 Å². The standard InChI is InChI=1S/C5H5N3O2S/c6-4-8-3-1-2-5(8)11(7,9)10/h1-3H,(H2,7,9,10). The van der Waals surface area contributed by atoms with Crippen LogP contribution < -0.4 is 5.14 Å². The summed E-state index contributed by atoms with van der Waals surface area (Å²) in [4.78, 5) is 0. The highest BCUT2D eigenvalue weighted by Gasteiger charge is 2.11. The van der Waals surface area contributed by atoms with E-state index in [2.05, 4.69) is 0 Å². The Kier molecular flexibility index (Phi) is 1.68. The number of nitrogens with two attached hydrogens (primary N) is 1. The van der Waals surface area contributed by atoms with Crippen LogP contribution >= 0.6 is 0 Å². The molecule has 0 aliphatic carbocycles. The number of hydrogen-bond acceptors (Lipinski definition) is 3. The molecule has 0 amide bonds. The van der Waals surface area contributed by atoms with Crippen LogP contribution in [0, 0.1) is 11.5 Å². The zero-order valence-corrected chi connectivity index (χ0v) is 6.25. The minimum absolute atomic E-state index is 0.194. The molecule has 1 rings (SSSR count). The van der Waals surface area contributed by atoms with Gasteiger partial charge in [0.1, 0.15) is 0 Å². The number of hydrogen-bond donors (Lipinski definition) is 1. The molecule has 6 heteroatoms. The van der Waals surface area contributed by atoms with Gasteiger partial charge in [-0.15, -0.1) is 0 Å². The monoisotopic (exact) mass is 171 g/mol. The van der Waals surface area contributed by atoms with Gasteiger partial charge >= 0.3 is 0 Å². The van der Waals surface area contributed by atoms with Gasteiger partial charge in [0.25, 0.3) is 10.0 Å². The lowest BCUT2D eigenvalue weighted by Gasteiger charge is -1.94. The van der Waals surface area contributed by atoms with Crippen LogP contribution in [0.4, 0.5) is 0 Å². The van der Waals surface area contributed by atoms with Gasteiger partial charge in [-0.25, -0.2) is 18.1 Å². The van der Waals surface area contributed by atoms with Gasteiger partial charge in [0.2, 0.25) is 0 Å². The van der Waals surface area contributed by atoms with Crippen molar-refractivity contribution in [2.24, 2.45) is 5.14 Å². The molecule has 1 heterocycles. The van der Waals surface area contributed by atoms with E-state index in [1.807, 2.05) is 0 Å². The lowest BCUT2D eigenvalue weighted by molar-refractivity contribution is 0.592. The molecular weight excluding hydrogens is 166 g/mol. The molecular formula is C5H5N3O2S. The van der Waals surface area contributed by atoms with Crippen molar-refractivity contribution in [3.63, 3.8) is 0 Å². The van der Waals surface area contributed by atoms with Crippen LogP contribution in [0.1, 0.15) is 0 Å². The molecule has 0 saturated heterocycles. The second kappa shape index (κ2) is 2.38. The zero-order chi connectivity index (χ0) is 8.48. The van der Waals surface area contributed by atoms with Crippen molar-refractivity contribution in [3.8, 4) is 6.19 Å². The van der Waals surface area contributed by atoms with E-state index < -0.39 is 10.0 Å². The van der Waals surface area contributed by atoms with Crippen LogP contribution in [0.2, 0.25) is 0 Å². The van der Waals surface area contributed by atoms with Gasteiger partial charge in [-0.1, -0.05) is 0 Å². The Balaban J connectivity index is 3.39. The van der Waals surface area contributed by atoms with Gasteiger partial charge in [0.05, 0.1) is 0 Å². The van der Waals surface area contributed by atoms with E-state index in [0.29, 0.717) is 0 Å². The van der Waals surface area contributed by atoms with E-state index in [-0.39, 0.29) is 5.03 Å². The Morgan fingerprint density at radius 2 is 2.27 bits per heavy atom. The molecule has 2 N–H and O–H groups in total. The van der Waals surface area contributed by atoms with Crippen LogP contribution in [0.25, 0.3) is 0 Å². The van der Waals surface area contributed by atoms with Crippen molar-refractivity contribution >= 4 is 10.0 Å². The molecule has 11 heavy (non-hydrogen) atoms. The van der Waals surface area contributed by atoms with E-state index in [1.165, 1.54) is 18.3 Å². The molecule has 0 radical (unpaired) electrons. The quantitative estimate of drug-likeness (QED) is 0.615. The van der Waals surface area contributed by atoms with Crippen LogP contribution in [0.15, 0.2) is 23.4 Å². The van der Waals surface area contributed by atoms with E-state index in [1.54, 1.807) is 6.19 Å². The maximum atomic E-state index is 10.7. The van der Waals surface area contributed by atoms with Crippen molar-refractivity contribution in [1.29, 1.82) is 5.26 Å². The van der Waals surface area contributed by atoms with Crippen molar-refractivity contribution in [2.75, 3.05) is 0 Å². The smallest absolute Gasteiger partial charge is 0.243 e. The second-order valence-corrected chi connectivity index (χ2v) is 3.37. The average molecular weight is 171 g/mol. The molecule has 58 valence electrons. The summed E-state index contributed by atoms with van der Waals surface area (Å²) in [6, 6.07) is 2.70. The number of rotatable bonds is 1. The van der Waals surface area contributed by atoms with Gasteiger partial charge in [-0.3, -0.25) is 0 Å². The summed E-state index contributed by atoms with van der Waals surface area (Å²) >= 11 is 0. The fourth-order valence-corrected chi connectivity index (χ4v) is 1.32. The molecule has 5 nitrogen and oxygen atoms in total. The van der Waals surface area contributed by atoms with Crippen molar-refractivity contribution in [2.45, 2.75) is 5.03 Å². The SMILES string of the molecule is N#Cn1cccc1S(N)(=O)=O. The molecule has 0 spiro atoms. The third-order valence-electron chi connectivity index (χ3n) is 1.11. The molecule has 1 aromatic heterocycles. The summed E-state index contributed by atoms with van der Waals surface area (Å²) in [7, 11) is -3.76. The lowest BCUT2D eigenvalue weighted by Crippen LogP contribution is -2.15. The van der Waals surface area contributed by atoms with Crippen molar-refractivity contribution in [1.82, 2.24) is 4.57 Å². The third kappa shape index (κ3) is 1.39. The first-order valence-corrected chi connectivity index (χ1v) is 4.20. The summed E-state index contributed by atoms with van der Waals surface area (Å²) in [5.41, 5.74) is 0. The normalized spacial score (nSPS) is 10.9. The topological polar surface area (TPSA) is 88.9 Å². The summed E-state index contributed by atoms with van der Waals surface area (Å²) in [6.45, 7) is 0. The van der Waals surface area contributed by atoms with Gasteiger partial charge in [-0.05, 0) is 12.1 Å². The number of nitrogens with zero attached hydrogens (tertiary/aromatic N) is 2. The highest BCUT2D eigenvalue weighted by molar-refractivity contribution is 7.89. The predicted octanol–water partition coefficient (Wildman–Crippen LogP) is -0.535. The first-order valence-electron chi connectivity index (χ1n) is 2.66. The molecule has 0 bridgehead atoms. The highest BCUT2D eigenvalue weighted by atomic mass is 32.2. The van der Waals surface area contributed by atoms with Crippen LogP contribution in [0.3, 0.4) is 0 Å². The Bertz CT molecular complexity index is 398. The zero-order valence-electron chi connectivity index (χ0n) is 5.43. The van der Waals surface area contributed by atoms with E-state index in [9.17, 15) is 8.42 Å². The fraction of sp³-hybridized carbons (Fsp3) is 0. The summed E-state index contributed by atoms with van der Waals surface area (Å²) in [6.07, 6.45) is 2.96. The number of nitriles is 1. The maximum Gasteiger partial charge on any atom is 0.254 e. The first kappa shape index (κ1) is 7.78. The molecule has 0 aromatic carbocycles. The summed E-state index contributed by atoms with van der Waals surface area (Å²) < 4.78 is 22.2. The van der Waals surface area contributed by atoms with E-state index >= 15 is 0 Å². The van der Waals surface area contributed by atoms with Gasteiger partial charge in [0.15, 0.2) is 11.2 Å². The van der Waals surface area contributed by atoms with Gasteiger partial charge in [0, 0.05) is 6.20 Å². The van der Waals surface area contributed by atoms with Gasteiger partial charge in [-0.2, -0.15) is 5.26 Å². The average Bonchev–Trinajstić information content (AvgIpc) is 2.31. The molecule has 1 aromatic rings. The Labute approximate surface area is 63.7 Å². The molecule has 0 saturated carbocycles. The minimum atomic E-state index is -3.76. The molecule has 0 aliphatic heterocycles. The molecule has 0 aliphatic rings. The maximum absolute atomic E-state index is 10.7. The first-order chi connectivity index (χ1) is 5.05. The second-order valence-electron chi connectivity index (χ2n) is 1.86. The molecule has 0 fully saturated rings. The Morgan fingerprint density at radius 3 is 2.64 bits per heavy atom. The largest absolute Gasteiger partial charge is 0.254 e. The lowest BCUT2D eigenvalue weighted by atomic mass is 10.7. The Morgan fingerprint density at radius 1 is 1.64 bits per heavy atom. The van der Waals surface area contributed by atoms with Crippen LogP contribution in [-0.4, -0.2) is 13.0 Å². The fourth-order valence-electron chi connectivity index (χ4n) is 0.680. The predicted molar refractivity (Wildman–Crippen MR) is 36.8 cm³/mol. The molecule has 0 unspecified atom stereocenters. The van der Waals surface area contributed by atoms with E-state index in [4.69, 9.17) is 10.4 Å². The summed E-state index contributed by atoms with van der Waals surface area (Å²) in [5, 5.41) is 12.9. The summed E-state index contributed by atoms with van der Waals surface area (Å²) in [5.74, 6) is 0. The number of sulfonamides is 1. The molecule has 0 atom stereocenters. The van der Waals surface area contributed by atoms with E-state index in [0.717, 1.165) is 4.57 Å². The number of aromatic nitrogens is 1. The van der Waals surface area contributed by atoms with Crippen LogP contribution in [0.5, 0.6) is 0 Å². The Hall–Kier alpha value is -1.32. The minimum Gasteiger partial charge on any atom is -0.243 e. The van der Waals surface area contributed by atoms with Crippen LogP contribution in [-0.2, 0) is 10.0 Å².